The Labute approximate surface area is 77.2 Å². The van der Waals surface area contributed by atoms with E-state index in [-0.39, 0.29) is 11.6 Å². The van der Waals surface area contributed by atoms with Crippen LogP contribution >= 0.6 is 0 Å². The minimum atomic E-state index is -0.225. The van der Waals surface area contributed by atoms with Crippen LogP contribution in [-0.2, 0) is 6.42 Å². The molecule has 1 aromatic rings. The minimum absolute atomic E-state index is 0.0673. The Morgan fingerprint density at radius 1 is 1.62 bits per heavy atom. The monoisotopic (exact) mass is 181 g/mol. The van der Waals surface area contributed by atoms with E-state index in [0.717, 1.165) is 11.3 Å². The Balaban J connectivity index is 3.29. The molecule has 0 aromatic carbocycles. The summed E-state index contributed by atoms with van der Waals surface area (Å²) in [7, 11) is 0. The summed E-state index contributed by atoms with van der Waals surface area (Å²) in [6.07, 6.45) is 0.702. The lowest BCUT2D eigenvalue weighted by molar-refractivity contribution is 0.719. The first-order valence-corrected chi connectivity index (χ1v) is 4.41. The lowest BCUT2D eigenvalue weighted by Crippen LogP contribution is -2.22. The van der Waals surface area contributed by atoms with E-state index in [9.17, 15) is 4.79 Å². The van der Waals surface area contributed by atoms with E-state index >= 15 is 0 Å². The van der Waals surface area contributed by atoms with Gasteiger partial charge < -0.3 is 10.7 Å². The molecule has 72 valence electrons. The Kier molecular flexibility index (Phi) is 2.83. The van der Waals surface area contributed by atoms with Gasteiger partial charge in [-0.25, -0.2) is 4.98 Å². The van der Waals surface area contributed by atoms with Crippen LogP contribution in [0.4, 0.5) is 0 Å². The predicted molar refractivity (Wildman–Crippen MR) is 51.6 cm³/mol. The summed E-state index contributed by atoms with van der Waals surface area (Å²) >= 11 is 0. The smallest absolute Gasteiger partial charge is 0.254 e. The molecule has 1 rings (SSSR count). The quantitative estimate of drug-likeness (QED) is 0.704. The number of H-pyrrole nitrogens is 1. The summed E-state index contributed by atoms with van der Waals surface area (Å²) < 4.78 is 0. The number of nitrogens with one attached hydrogen (secondary N) is 1. The van der Waals surface area contributed by atoms with Gasteiger partial charge in [-0.15, -0.1) is 0 Å². The number of aromatic amines is 1. The zero-order chi connectivity index (χ0) is 10.0. The molecule has 0 saturated heterocycles. The second kappa shape index (κ2) is 3.70. The van der Waals surface area contributed by atoms with Gasteiger partial charge in [0.2, 0.25) is 0 Å². The van der Waals surface area contributed by atoms with E-state index in [1.54, 1.807) is 6.92 Å². The molecule has 0 amide bonds. The first kappa shape index (κ1) is 9.92. The second-order valence-corrected chi connectivity index (χ2v) is 3.16. The van der Waals surface area contributed by atoms with Crippen LogP contribution in [0.25, 0.3) is 0 Å². The van der Waals surface area contributed by atoms with Crippen molar-refractivity contribution in [3.63, 3.8) is 0 Å². The number of nitrogens with two attached hydrogens (primary N) is 1. The van der Waals surface area contributed by atoms with Gasteiger partial charge in [0.1, 0.15) is 5.82 Å². The SMILES string of the molecule is CCc1c(C)nc(C(C)N)[nH]c1=O. The normalized spacial score (nSPS) is 12.9. The molecular weight excluding hydrogens is 166 g/mol. The Morgan fingerprint density at radius 3 is 2.62 bits per heavy atom. The van der Waals surface area contributed by atoms with Crippen molar-refractivity contribution >= 4 is 0 Å². The van der Waals surface area contributed by atoms with Crippen LogP contribution in [0.5, 0.6) is 0 Å². The third kappa shape index (κ3) is 1.95. The van der Waals surface area contributed by atoms with Crippen molar-refractivity contribution in [2.75, 3.05) is 0 Å². The molecule has 1 aromatic heterocycles. The maximum absolute atomic E-state index is 11.4. The molecule has 3 N–H and O–H groups in total. The second-order valence-electron chi connectivity index (χ2n) is 3.16. The zero-order valence-electron chi connectivity index (χ0n) is 8.22. The van der Waals surface area contributed by atoms with E-state index in [1.807, 2.05) is 13.8 Å². The third-order valence-electron chi connectivity index (χ3n) is 2.03. The third-order valence-corrected chi connectivity index (χ3v) is 2.03. The largest absolute Gasteiger partial charge is 0.322 e. The summed E-state index contributed by atoms with van der Waals surface area (Å²) in [6.45, 7) is 5.56. The van der Waals surface area contributed by atoms with E-state index in [2.05, 4.69) is 9.97 Å². The van der Waals surface area contributed by atoms with Crippen LogP contribution in [0.2, 0.25) is 0 Å². The summed E-state index contributed by atoms with van der Waals surface area (Å²) in [5.41, 5.74) is 7.06. The van der Waals surface area contributed by atoms with Crippen molar-refractivity contribution in [2.45, 2.75) is 33.2 Å². The fraction of sp³-hybridized carbons (Fsp3) is 0.556. The molecule has 0 fully saturated rings. The van der Waals surface area contributed by atoms with E-state index in [1.165, 1.54) is 0 Å². The molecule has 13 heavy (non-hydrogen) atoms. The maximum Gasteiger partial charge on any atom is 0.254 e. The van der Waals surface area contributed by atoms with Crippen LogP contribution in [0, 0.1) is 6.92 Å². The molecular formula is C9H15N3O. The lowest BCUT2D eigenvalue weighted by Gasteiger charge is -2.07. The van der Waals surface area contributed by atoms with E-state index in [4.69, 9.17) is 5.73 Å². The van der Waals surface area contributed by atoms with Gasteiger partial charge in [-0.3, -0.25) is 4.79 Å². The molecule has 0 bridgehead atoms. The molecule has 1 heterocycles. The van der Waals surface area contributed by atoms with E-state index < -0.39 is 0 Å². The van der Waals surface area contributed by atoms with Crippen LogP contribution in [-0.4, -0.2) is 9.97 Å². The summed E-state index contributed by atoms with van der Waals surface area (Å²) in [5, 5.41) is 0. The van der Waals surface area contributed by atoms with Crippen molar-refractivity contribution < 1.29 is 0 Å². The molecule has 0 saturated carbocycles. The van der Waals surface area contributed by atoms with Gasteiger partial charge in [-0.1, -0.05) is 6.92 Å². The van der Waals surface area contributed by atoms with Crippen LogP contribution in [0.15, 0.2) is 4.79 Å². The number of rotatable bonds is 2. The summed E-state index contributed by atoms with van der Waals surface area (Å²) in [6, 6.07) is -0.225. The van der Waals surface area contributed by atoms with Gasteiger partial charge in [-0.05, 0) is 20.3 Å². The van der Waals surface area contributed by atoms with Crippen molar-refractivity contribution in [3.8, 4) is 0 Å². The van der Waals surface area contributed by atoms with Gasteiger partial charge in [-0.2, -0.15) is 0 Å². The molecule has 0 radical (unpaired) electrons. The predicted octanol–water partition coefficient (Wildman–Crippen LogP) is 0.660. The van der Waals surface area contributed by atoms with Gasteiger partial charge in [0, 0.05) is 11.3 Å². The number of nitrogens with zero attached hydrogens (tertiary/aromatic N) is 1. The van der Waals surface area contributed by atoms with Gasteiger partial charge in [0.05, 0.1) is 6.04 Å². The van der Waals surface area contributed by atoms with Gasteiger partial charge >= 0.3 is 0 Å². The average molecular weight is 181 g/mol. The van der Waals surface area contributed by atoms with E-state index in [0.29, 0.717) is 12.2 Å². The first-order valence-electron chi connectivity index (χ1n) is 4.41. The molecule has 0 aliphatic carbocycles. The van der Waals surface area contributed by atoms with Crippen molar-refractivity contribution in [3.05, 3.63) is 27.4 Å². The highest BCUT2D eigenvalue weighted by Crippen LogP contribution is 2.04. The summed E-state index contributed by atoms with van der Waals surface area (Å²) in [4.78, 5) is 18.3. The number of hydrogen-bond acceptors (Lipinski definition) is 3. The highest BCUT2D eigenvalue weighted by atomic mass is 16.1. The van der Waals surface area contributed by atoms with Gasteiger partial charge in [0.15, 0.2) is 0 Å². The molecule has 1 unspecified atom stereocenters. The Hall–Kier alpha value is -1.16. The first-order chi connectivity index (χ1) is 6.06. The molecule has 0 spiro atoms. The standard InChI is InChI=1S/C9H15N3O/c1-4-7-6(3)11-8(5(2)10)12-9(7)13/h5H,4,10H2,1-3H3,(H,11,12,13). The number of hydrogen-bond donors (Lipinski definition) is 2. The highest BCUT2D eigenvalue weighted by Gasteiger charge is 2.08. The fourth-order valence-corrected chi connectivity index (χ4v) is 1.26. The van der Waals surface area contributed by atoms with Crippen molar-refractivity contribution in [2.24, 2.45) is 5.73 Å². The van der Waals surface area contributed by atoms with Crippen LogP contribution in [0.3, 0.4) is 0 Å². The zero-order valence-corrected chi connectivity index (χ0v) is 8.22. The maximum atomic E-state index is 11.4. The number of aryl methyl sites for hydroxylation is 1. The topological polar surface area (TPSA) is 71.8 Å². The van der Waals surface area contributed by atoms with Crippen molar-refractivity contribution in [1.29, 1.82) is 0 Å². The Morgan fingerprint density at radius 2 is 2.23 bits per heavy atom. The fourth-order valence-electron chi connectivity index (χ4n) is 1.26. The average Bonchev–Trinajstić information content (AvgIpc) is 2.03. The molecule has 0 aliphatic heterocycles. The van der Waals surface area contributed by atoms with Crippen molar-refractivity contribution in [1.82, 2.24) is 9.97 Å². The van der Waals surface area contributed by atoms with Crippen LogP contribution < -0.4 is 11.3 Å². The molecule has 0 aliphatic rings. The lowest BCUT2D eigenvalue weighted by atomic mass is 10.2. The molecule has 4 heteroatoms. The Bertz CT molecular complexity index is 354. The highest BCUT2D eigenvalue weighted by molar-refractivity contribution is 5.16. The van der Waals surface area contributed by atoms with Crippen LogP contribution in [0.1, 0.15) is 37.0 Å². The molecule has 1 atom stereocenters. The minimum Gasteiger partial charge on any atom is -0.322 e. The molecule has 4 nitrogen and oxygen atoms in total. The van der Waals surface area contributed by atoms with Gasteiger partial charge in [0.25, 0.3) is 5.56 Å². The summed E-state index contributed by atoms with van der Waals surface area (Å²) in [5.74, 6) is 0.555. The number of aromatic nitrogens is 2.